The second kappa shape index (κ2) is 7.33. The first kappa shape index (κ1) is 15.8. The summed E-state index contributed by atoms with van der Waals surface area (Å²) in [5.74, 6) is 0.181. The van der Waals surface area contributed by atoms with Crippen LogP contribution in [-0.2, 0) is 9.53 Å². The van der Waals surface area contributed by atoms with Crippen LogP contribution in [0.2, 0.25) is 0 Å². The molecule has 1 aliphatic carbocycles. The van der Waals surface area contributed by atoms with Gasteiger partial charge in [-0.3, -0.25) is 4.79 Å². The Hall–Kier alpha value is -0.300. The van der Waals surface area contributed by atoms with Crippen LogP contribution in [0.15, 0.2) is 0 Å². The molecule has 0 saturated heterocycles. The Balaban J connectivity index is 2.14. The number of carbonyl (C=O) groups excluding carboxylic acids is 1. The lowest BCUT2D eigenvalue weighted by atomic mass is 10.1. The largest absolute Gasteiger partial charge is 0.411 e. The van der Waals surface area contributed by atoms with Crippen molar-refractivity contribution in [1.82, 2.24) is 5.32 Å². The van der Waals surface area contributed by atoms with Crippen molar-refractivity contribution in [2.45, 2.75) is 37.9 Å². The summed E-state index contributed by atoms with van der Waals surface area (Å²) < 4.78 is 39.7. The van der Waals surface area contributed by atoms with E-state index in [-0.39, 0.29) is 25.0 Å². The predicted molar refractivity (Wildman–Crippen MR) is 64.6 cm³/mol. The van der Waals surface area contributed by atoms with Gasteiger partial charge < -0.3 is 10.1 Å². The third-order valence-electron chi connectivity index (χ3n) is 2.94. The fourth-order valence-corrected chi connectivity index (χ4v) is 2.82. The molecule has 2 unspecified atom stereocenters. The van der Waals surface area contributed by atoms with Gasteiger partial charge in [0.25, 0.3) is 0 Å². The number of halogens is 4. The molecule has 1 N–H and O–H groups in total. The zero-order valence-electron chi connectivity index (χ0n) is 9.93. The van der Waals surface area contributed by atoms with E-state index in [1.165, 1.54) is 0 Å². The summed E-state index contributed by atoms with van der Waals surface area (Å²) in [6, 6.07) is 0.138. The van der Waals surface area contributed by atoms with Crippen molar-refractivity contribution in [2.75, 3.05) is 18.5 Å². The van der Waals surface area contributed by atoms with Crippen molar-refractivity contribution < 1.29 is 22.7 Å². The number of amides is 1. The van der Waals surface area contributed by atoms with Crippen LogP contribution in [0.3, 0.4) is 0 Å². The van der Waals surface area contributed by atoms with Crippen LogP contribution >= 0.6 is 15.9 Å². The molecule has 1 fully saturated rings. The Bertz CT molecular complexity index is 274. The number of hydrogen-bond donors (Lipinski definition) is 1. The molecule has 1 amide bonds. The smallest absolute Gasteiger partial charge is 0.372 e. The number of alkyl halides is 4. The number of nitrogens with one attached hydrogen (secondary N) is 1. The predicted octanol–water partition coefficient (Wildman–Crippen LogP) is 2.64. The quantitative estimate of drug-likeness (QED) is 0.600. The highest BCUT2D eigenvalue weighted by molar-refractivity contribution is 9.09. The van der Waals surface area contributed by atoms with Gasteiger partial charge in [-0.25, -0.2) is 0 Å². The van der Waals surface area contributed by atoms with E-state index in [1.54, 1.807) is 0 Å². The van der Waals surface area contributed by atoms with E-state index in [1.807, 2.05) is 0 Å². The maximum atomic E-state index is 11.8. The molecule has 0 bridgehead atoms. The molecule has 0 radical (unpaired) electrons. The lowest BCUT2D eigenvalue weighted by Crippen LogP contribution is -2.38. The SMILES string of the molecule is O=C(CCOCC(F)(F)F)NC1CCCC1CBr. The Morgan fingerprint density at radius 2 is 2.11 bits per heavy atom. The molecule has 1 saturated carbocycles. The zero-order chi connectivity index (χ0) is 13.6. The van der Waals surface area contributed by atoms with Gasteiger partial charge in [0, 0.05) is 17.8 Å². The van der Waals surface area contributed by atoms with Crippen molar-refractivity contribution in [2.24, 2.45) is 5.92 Å². The first-order valence-corrected chi connectivity index (χ1v) is 7.04. The molecule has 0 heterocycles. The van der Waals surface area contributed by atoms with Crippen LogP contribution in [0, 0.1) is 5.92 Å². The van der Waals surface area contributed by atoms with Crippen molar-refractivity contribution in [3.63, 3.8) is 0 Å². The van der Waals surface area contributed by atoms with Crippen LogP contribution in [0.4, 0.5) is 13.2 Å². The van der Waals surface area contributed by atoms with E-state index in [9.17, 15) is 18.0 Å². The molecule has 0 aromatic carbocycles. The van der Waals surface area contributed by atoms with Crippen molar-refractivity contribution in [3.8, 4) is 0 Å². The van der Waals surface area contributed by atoms with Gasteiger partial charge in [0.2, 0.25) is 5.91 Å². The molecule has 2 atom stereocenters. The van der Waals surface area contributed by atoms with Gasteiger partial charge in [0.05, 0.1) is 6.61 Å². The molecule has 0 aromatic rings. The minimum atomic E-state index is -4.33. The molecule has 106 valence electrons. The van der Waals surface area contributed by atoms with E-state index in [0.29, 0.717) is 5.92 Å². The summed E-state index contributed by atoms with van der Waals surface area (Å²) in [6.45, 7) is -1.50. The van der Waals surface area contributed by atoms with Crippen LogP contribution in [0.5, 0.6) is 0 Å². The third kappa shape index (κ3) is 6.04. The molecule has 18 heavy (non-hydrogen) atoms. The highest BCUT2D eigenvalue weighted by Crippen LogP contribution is 2.27. The second-order valence-corrected chi connectivity index (χ2v) is 5.08. The standard InChI is InChI=1S/C11H17BrF3NO2/c12-6-8-2-1-3-9(8)16-10(17)4-5-18-7-11(13,14)15/h8-9H,1-7H2,(H,16,17). The van der Waals surface area contributed by atoms with Crippen LogP contribution in [-0.4, -0.2) is 36.7 Å². The van der Waals surface area contributed by atoms with E-state index < -0.39 is 12.8 Å². The third-order valence-corrected chi connectivity index (χ3v) is 3.77. The van der Waals surface area contributed by atoms with Crippen LogP contribution in [0.1, 0.15) is 25.7 Å². The maximum absolute atomic E-state index is 11.8. The fraction of sp³-hybridized carbons (Fsp3) is 0.909. The molecule has 0 aromatic heterocycles. The fourth-order valence-electron chi connectivity index (χ4n) is 2.04. The van der Waals surface area contributed by atoms with Gasteiger partial charge in [-0.1, -0.05) is 22.4 Å². The summed E-state index contributed by atoms with van der Waals surface area (Å²) in [6.07, 6.45) is -1.28. The van der Waals surface area contributed by atoms with E-state index in [2.05, 4.69) is 26.0 Å². The van der Waals surface area contributed by atoms with E-state index in [0.717, 1.165) is 24.6 Å². The molecular weight excluding hydrogens is 315 g/mol. The molecule has 3 nitrogen and oxygen atoms in total. The molecule has 0 aliphatic heterocycles. The molecular formula is C11H17BrF3NO2. The average Bonchev–Trinajstić information content (AvgIpc) is 2.70. The lowest BCUT2D eigenvalue weighted by Gasteiger charge is -2.19. The lowest BCUT2D eigenvalue weighted by molar-refractivity contribution is -0.174. The van der Waals surface area contributed by atoms with Crippen LogP contribution < -0.4 is 5.32 Å². The van der Waals surface area contributed by atoms with Crippen molar-refractivity contribution in [1.29, 1.82) is 0 Å². The summed E-state index contributed by atoms with van der Waals surface area (Å²) in [4.78, 5) is 11.5. The van der Waals surface area contributed by atoms with Crippen molar-refractivity contribution >= 4 is 21.8 Å². The minimum Gasteiger partial charge on any atom is -0.372 e. The summed E-state index contributed by atoms with van der Waals surface area (Å²) in [5, 5.41) is 3.68. The first-order valence-electron chi connectivity index (χ1n) is 5.92. The van der Waals surface area contributed by atoms with Gasteiger partial charge in [-0.05, 0) is 18.8 Å². The molecule has 1 aliphatic rings. The number of hydrogen-bond acceptors (Lipinski definition) is 2. The van der Waals surface area contributed by atoms with Crippen molar-refractivity contribution in [3.05, 3.63) is 0 Å². The minimum absolute atomic E-state index is 0.0262. The first-order chi connectivity index (χ1) is 8.42. The van der Waals surface area contributed by atoms with Gasteiger partial charge >= 0.3 is 6.18 Å². The van der Waals surface area contributed by atoms with Gasteiger partial charge in [-0.15, -0.1) is 0 Å². The topological polar surface area (TPSA) is 38.3 Å². The Kier molecular flexibility index (Phi) is 6.42. The van der Waals surface area contributed by atoms with E-state index >= 15 is 0 Å². The average molecular weight is 332 g/mol. The van der Waals surface area contributed by atoms with Gasteiger partial charge in [0.1, 0.15) is 6.61 Å². The van der Waals surface area contributed by atoms with Gasteiger partial charge in [0.15, 0.2) is 0 Å². The molecule has 0 spiro atoms. The summed E-state index contributed by atoms with van der Waals surface area (Å²) in [7, 11) is 0. The number of ether oxygens (including phenoxy) is 1. The second-order valence-electron chi connectivity index (χ2n) is 4.44. The highest BCUT2D eigenvalue weighted by Gasteiger charge is 2.28. The van der Waals surface area contributed by atoms with Gasteiger partial charge in [-0.2, -0.15) is 13.2 Å². The summed E-state index contributed by atoms with van der Waals surface area (Å²) >= 11 is 3.39. The normalized spacial score (nSPS) is 24.2. The molecule has 1 rings (SSSR count). The van der Waals surface area contributed by atoms with E-state index in [4.69, 9.17) is 0 Å². The maximum Gasteiger partial charge on any atom is 0.411 e. The van der Waals surface area contributed by atoms with Crippen LogP contribution in [0.25, 0.3) is 0 Å². The Morgan fingerprint density at radius 1 is 1.39 bits per heavy atom. The highest BCUT2D eigenvalue weighted by atomic mass is 79.9. The number of carbonyl (C=O) groups is 1. The Morgan fingerprint density at radius 3 is 2.72 bits per heavy atom. The molecule has 7 heteroatoms. The zero-order valence-corrected chi connectivity index (χ0v) is 11.5. The monoisotopic (exact) mass is 331 g/mol. The number of rotatable bonds is 6. The Labute approximate surface area is 113 Å². The summed E-state index contributed by atoms with van der Waals surface area (Å²) in [5.41, 5.74) is 0.